The van der Waals surface area contributed by atoms with E-state index in [-0.39, 0.29) is 4.90 Å². The summed E-state index contributed by atoms with van der Waals surface area (Å²) in [7, 11) is -2.18. The molecule has 0 aliphatic heterocycles. The molecular formula is C20H16N2O4S. The Balaban J connectivity index is 1.74. The van der Waals surface area contributed by atoms with Crippen LogP contribution in [0.25, 0.3) is 0 Å². The van der Waals surface area contributed by atoms with Gasteiger partial charge in [-0.15, -0.1) is 0 Å². The lowest BCUT2D eigenvalue weighted by molar-refractivity contribution is 0.379. The molecule has 0 heterocycles. The molecule has 0 saturated heterocycles. The highest BCUT2D eigenvalue weighted by molar-refractivity contribution is 7.92. The minimum atomic E-state index is -3.74. The van der Waals surface area contributed by atoms with Gasteiger partial charge in [0.15, 0.2) is 11.5 Å². The van der Waals surface area contributed by atoms with Gasteiger partial charge in [-0.2, -0.15) is 5.26 Å². The van der Waals surface area contributed by atoms with E-state index in [1.54, 1.807) is 43.5 Å². The van der Waals surface area contributed by atoms with Crippen LogP contribution in [0.2, 0.25) is 0 Å². The van der Waals surface area contributed by atoms with E-state index in [4.69, 9.17) is 14.7 Å². The Morgan fingerprint density at radius 2 is 1.52 bits per heavy atom. The second-order valence-electron chi connectivity index (χ2n) is 5.52. The van der Waals surface area contributed by atoms with Crippen molar-refractivity contribution in [2.24, 2.45) is 0 Å². The van der Waals surface area contributed by atoms with Crippen molar-refractivity contribution < 1.29 is 17.9 Å². The zero-order valence-electron chi connectivity index (χ0n) is 14.4. The number of para-hydroxylation sites is 2. The molecule has 0 unspecified atom stereocenters. The van der Waals surface area contributed by atoms with E-state index < -0.39 is 10.0 Å². The molecule has 0 aromatic heterocycles. The highest BCUT2D eigenvalue weighted by Crippen LogP contribution is 2.31. The standard InChI is InChI=1S/C20H16N2O4S/c1-25-19-4-2-3-5-20(19)26-17-10-8-16(9-11-17)22-27(23,24)18-12-6-15(14-21)7-13-18/h2-13,22H,1H3. The number of hydrogen-bond acceptors (Lipinski definition) is 5. The number of ether oxygens (including phenoxy) is 2. The number of methoxy groups -OCH3 is 1. The summed E-state index contributed by atoms with van der Waals surface area (Å²) in [5, 5.41) is 8.80. The molecule has 1 N–H and O–H groups in total. The predicted octanol–water partition coefficient (Wildman–Crippen LogP) is 4.16. The van der Waals surface area contributed by atoms with E-state index in [9.17, 15) is 8.42 Å². The molecule has 0 saturated carbocycles. The van der Waals surface area contributed by atoms with E-state index in [2.05, 4.69) is 4.72 Å². The molecule has 0 aliphatic carbocycles. The fourth-order valence-corrected chi connectivity index (χ4v) is 3.40. The van der Waals surface area contributed by atoms with Gasteiger partial charge in [-0.1, -0.05) is 12.1 Å². The zero-order chi connectivity index (χ0) is 19.3. The Kier molecular flexibility index (Phi) is 5.29. The fourth-order valence-electron chi connectivity index (χ4n) is 2.34. The lowest BCUT2D eigenvalue weighted by Crippen LogP contribution is -2.12. The molecule has 0 atom stereocenters. The van der Waals surface area contributed by atoms with Crippen molar-refractivity contribution in [2.45, 2.75) is 4.90 Å². The van der Waals surface area contributed by atoms with Crippen molar-refractivity contribution in [3.8, 4) is 23.3 Å². The molecule has 0 fully saturated rings. The molecular weight excluding hydrogens is 364 g/mol. The summed E-state index contributed by atoms with van der Waals surface area (Å²) in [6.45, 7) is 0. The van der Waals surface area contributed by atoms with Crippen LogP contribution in [-0.2, 0) is 10.0 Å². The second-order valence-corrected chi connectivity index (χ2v) is 7.20. The fraction of sp³-hybridized carbons (Fsp3) is 0.0500. The maximum absolute atomic E-state index is 12.4. The number of benzene rings is 3. The summed E-state index contributed by atoms with van der Waals surface area (Å²) >= 11 is 0. The molecule has 7 heteroatoms. The average Bonchev–Trinajstić information content (AvgIpc) is 2.70. The molecule has 3 rings (SSSR count). The summed E-state index contributed by atoms with van der Waals surface area (Å²) in [5.74, 6) is 1.70. The lowest BCUT2D eigenvalue weighted by atomic mass is 10.2. The number of anilines is 1. The van der Waals surface area contributed by atoms with Gasteiger partial charge < -0.3 is 9.47 Å². The molecule has 3 aromatic carbocycles. The molecule has 0 spiro atoms. The van der Waals surface area contributed by atoms with Crippen molar-refractivity contribution in [3.05, 3.63) is 78.4 Å². The minimum Gasteiger partial charge on any atom is -0.493 e. The van der Waals surface area contributed by atoms with Crippen LogP contribution in [0.15, 0.2) is 77.7 Å². The molecule has 27 heavy (non-hydrogen) atoms. The van der Waals surface area contributed by atoms with Crippen molar-refractivity contribution in [1.29, 1.82) is 5.26 Å². The molecule has 0 radical (unpaired) electrons. The van der Waals surface area contributed by atoms with E-state index in [0.717, 1.165) is 0 Å². The van der Waals surface area contributed by atoms with Crippen LogP contribution in [0.1, 0.15) is 5.56 Å². The number of nitrogens with zero attached hydrogens (tertiary/aromatic N) is 1. The van der Waals surface area contributed by atoms with Gasteiger partial charge in [0.25, 0.3) is 10.0 Å². The van der Waals surface area contributed by atoms with Gasteiger partial charge in [-0.25, -0.2) is 8.42 Å². The third-order valence-corrected chi connectivity index (χ3v) is 5.09. The van der Waals surface area contributed by atoms with Crippen molar-refractivity contribution in [1.82, 2.24) is 0 Å². The Hall–Kier alpha value is -3.50. The van der Waals surface area contributed by atoms with Gasteiger partial charge >= 0.3 is 0 Å². The molecule has 0 amide bonds. The highest BCUT2D eigenvalue weighted by Gasteiger charge is 2.14. The molecule has 0 bridgehead atoms. The van der Waals surface area contributed by atoms with Crippen molar-refractivity contribution in [2.75, 3.05) is 11.8 Å². The van der Waals surface area contributed by atoms with Crippen LogP contribution < -0.4 is 14.2 Å². The number of sulfonamides is 1. The first-order chi connectivity index (χ1) is 13.0. The average molecular weight is 380 g/mol. The van der Waals surface area contributed by atoms with E-state index in [1.165, 1.54) is 24.3 Å². The van der Waals surface area contributed by atoms with Crippen LogP contribution >= 0.6 is 0 Å². The topological polar surface area (TPSA) is 88.4 Å². The summed E-state index contributed by atoms with van der Waals surface area (Å²) in [4.78, 5) is 0.0795. The van der Waals surface area contributed by atoms with E-state index >= 15 is 0 Å². The van der Waals surface area contributed by atoms with Crippen molar-refractivity contribution >= 4 is 15.7 Å². The molecule has 136 valence electrons. The number of hydrogen-bond donors (Lipinski definition) is 1. The SMILES string of the molecule is COc1ccccc1Oc1ccc(NS(=O)(=O)c2ccc(C#N)cc2)cc1. The molecule has 0 aliphatic rings. The van der Waals surface area contributed by atoms with Gasteiger partial charge in [0.2, 0.25) is 0 Å². The summed E-state index contributed by atoms with van der Waals surface area (Å²) < 4.78 is 38.3. The Morgan fingerprint density at radius 3 is 2.11 bits per heavy atom. The van der Waals surface area contributed by atoms with Crippen molar-refractivity contribution in [3.63, 3.8) is 0 Å². The van der Waals surface area contributed by atoms with Gasteiger partial charge in [0.1, 0.15) is 5.75 Å². The Morgan fingerprint density at radius 1 is 0.889 bits per heavy atom. The first-order valence-electron chi connectivity index (χ1n) is 7.96. The second kappa shape index (κ2) is 7.81. The monoisotopic (exact) mass is 380 g/mol. The number of rotatable bonds is 6. The first kappa shape index (κ1) is 18.3. The summed E-state index contributed by atoms with van der Waals surface area (Å²) in [6.07, 6.45) is 0. The van der Waals surface area contributed by atoms with E-state index in [0.29, 0.717) is 28.5 Å². The maximum atomic E-state index is 12.4. The van der Waals surface area contributed by atoms with Gasteiger partial charge in [-0.3, -0.25) is 4.72 Å². The largest absolute Gasteiger partial charge is 0.493 e. The normalized spacial score (nSPS) is 10.7. The molecule has 6 nitrogen and oxygen atoms in total. The lowest BCUT2D eigenvalue weighted by Gasteiger charge is -2.11. The zero-order valence-corrected chi connectivity index (χ0v) is 15.2. The van der Waals surface area contributed by atoms with E-state index in [1.807, 2.05) is 18.2 Å². The summed E-state index contributed by atoms with van der Waals surface area (Å²) in [6, 6.07) is 21.4. The number of nitrogens with one attached hydrogen (secondary N) is 1. The van der Waals surface area contributed by atoms with Crippen LogP contribution in [-0.4, -0.2) is 15.5 Å². The number of nitriles is 1. The predicted molar refractivity (Wildman–Crippen MR) is 101 cm³/mol. The molecule has 3 aromatic rings. The van der Waals surface area contributed by atoms with Crippen LogP contribution in [0.4, 0.5) is 5.69 Å². The van der Waals surface area contributed by atoms with Crippen LogP contribution in [0.5, 0.6) is 17.2 Å². The van der Waals surface area contributed by atoms with Crippen LogP contribution in [0, 0.1) is 11.3 Å². The first-order valence-corrected chi connectivity index (χ1v) is 9.44. The third kappa shape index (κ3) is 4.37. The Bertz CT molecular complexity index is 1070. The maximum Gasteiger partial charge on any atom is 0.261 e. The van der Waals surface area contributed by atoms with Gasteiger partial charge in [0, 0.05) is 5.69 Å². The highest BCUT2D eigenvalue weighted by atomic mass is 32.2. The minimum absolute atomic E-state index is 0.0795. The third-order valence-electron chi connectivity index (χ3n) is 3.70. The van der Waals surface area contributed by atoms with Crippen LogP contribution in [0.3, 0.4) is 0 Å². The van der Waals surface area contributed by atoms with Gasteiger partial charge in [0.05, 0.1) is 23.6 Å². The quantitative estimate of drug-likeness (QED) is 0.694. The van der Waals surface area contributed by atoms with Gasteiger partial charge in [-0.05, 0) is 60.7 Å². The summed E-state index contributed by atoms with van der Waals surface area (Å²) in [5.41, 5.74) is 0.790. The Labute approximate surface area is 157 Å². The smallest absolute Gasteiger partial charge is 0.261 e.